The summed E-state index contributed by atoms with van der Waals surface area (Å²) < 4.78 is 37.8. The first-order valence-electron chi connectivity index (χ1n) is 16.1. The predicted molar refractivity (Wildman–Crippen MR) is 190 cm³/mol. The molecule has 0 radical (unpaired) electrons. The molecule has 2 aliphatic heterocycles. The maximum Gasteiger partial charge on any atom is 0.410 e. The molecule has 0 saturated carbocycles. The number of carbonyl (C=O) groups is 3. The van der Waals surface area contributed by atoms with Gasteiger partial charge in [0.05, 0.1) is 36.6 Å². The van der Waals surface area contributed by atoms with E-state index in [2.05, 4.69) is 26.3 Å². The number of anilines is 3. The summed E-state index contributed by atoms with van der Waals surface area (Å²) in [6, 6.07) is 8.60. The van der Waals surface area contributed by atoms with Gasteiger partial charge in [0.1, 0.15) is 11.3 Å². The minimum absolute atomic E-state index is 0.0923. The van der Waals surface area contributed by atoms with Crippen molar-refractivity contribution >= 4 is 45.0 Å². The molecule has 49 heavy (non-hydrogen) atoms. The van der Waals surface area contributed by atoms with Crippen molar-refractivity contribution in [2.24, 2.45) is 5.92 Å². The van der Waals surface area contributed by atoms with Crippen molar-refractivity contribution in [1.29, 1.82) is 0 Å². The van der Waals surface area contributed by atoms with E-state index in [-0.39, 0.29) is 40.5 Å². The lowest BCUT2D eigenvalue weighted by atomic mass is 9.86. The summed E-state index contributed by atoms with van der Waals surface area (Å²) in [4.78, 5) is 40.9. The highest BCUT2D eigenvalue weighted by molar-refractivity contribution is 7.92. The number of rotatable bonds is 9. The zero-order valence-electron chi connectivity index (χ0n) is 29.7. The fourth-order valence-electron chi connectivity index (χ4n) is 5.47. The average Bonchev–Trinajstić information content (AvgIpc) is 3.48. The molecule has 15 heteroatoms. The average molecular weight is 700 g/mol. The topological polar surface area (TPSA) is 170 Å². The van der Waals surface area contributed by atoms with Crippen molar-refractivity contribution in [2.75, 3.05) is 48.0 Å². The lowest BCUT2D eigenvalue weighted by Crippen LogP contribution is -2.46. The first kappa shape index (κ1) is 37.3. The molecule has 268 valence electrons. The van der Waals surface area contributed by atoms with Gasteiger partial charge < -0.3 is 25.0 Å². The van der Waals surface area contributed by atoms with Crippen LogP contribution in [0.15, 0.2) is 42.2 Å². The van der Waals surface area contributed by atoms with Crippen molar-refractivity contribution in [3.63, 3.8) is 0 Å². The number of piperidine rings is 1. The van der Waals surface area contributed by atoms with Crippen LogP contribution in [0.4, 0.5) is 21.9 Å². The van der Waals surface area contributed by atoms with Crippen LogP contribution < -0.4 is 36.1 Å². The van der Waals surface area contributed by atoms with E-state index in [0.29, 0.717) is 36.6 Å². The number of nitrogens with one attached hydrogen (secondary N) is 5. The Labute approximate surface area is 288 Å². The number of hydrogen-bond acceptors (Lipinski definition) is 10. The van der Waals surface area contributed by atoms with E-state index in [1.54, 1.807) is 46.4 Å². The van der Waals surface area contributed by atoms with E-state index in [1.807, 2.05) is 48.5 Å². The Hall–Kier alpha value is -4.50. The van der Waals surface area contributed by atoms with Crippen LogP contribution in [0.2, 0.25) is 0 Å². The molecule has 0 aliphatic carbocycles. The fourth-order valence-corrected chi connectivity index (χ4v) is 6.02. The van der Waals surface area contributed by atoms with Crippen LogP contribution >= 0.6 is 0 Å². The predicted octanol–water partition coefficient (Wildman–Crippen LogP) is 4.36. The molecule has 4 rings (SSSR count). The third kappa shape index (κ3) is 10.0. The second-order valence-corrected chi connectivity index (χ2v) is 16.2. The smallest absolute Gasteiger partial charge is 0.410 e. The van der Waals surface area contributed by atoms with Gasteiger partial charge in [0, 0.05) is 25.2 Å². The van der Waals surface area contributed by atoms with Gasteiger partial charge in [-0.2, -0.15) is 0 Å². The second-order valence-electron chi connectivity index (χ2n) is 14.5. The molecule has 14 nitrogen and oxygen atoms in total. The summed E-state index contributed by atoms with van der Waals surface area (Å²) in [5, 5.41) is 7.45. The van der Waals surface area contributed by atoms with Crippen LogP contribution in [0.3, 0.4) is 0 Å². The molecule has 1 fully saturated rings. The van der Waals surface area contributed by atoms with Gasteiger partial charge >= 0.3 is 6.09 Å². The lowest BCUT2D eigenvalue weighted by molar-refractivity contribution is -0.118. The van der Waals surface area contributed by atoms with Crippen LogP contribution in [-0.4, -0.2) is 69.8 Å². The molecule has 2 heterocycles. The monoisotopic (exact) mass is 699 g/mol. The standard InChI is InChI=1S/C34H49N7O7S/c1-21-12-13-23(30(42)36-25-16-24(33(2,3)4)17-26(29(25)47-8)38-49(9,45)46)15-28(21)41-20-27(37-39-41)31(43)35-18-22-11-10-14-40(19-22)32(44)48-34(5,6)7/h12-13,15-17,20,22,37-39H,10-11,14,18-19H2,1-9H3,(H,35,43)(H,36,42). The zero-order chi connectivity index (χ0) is 36.3. The number of hydrazine groups is 2. The fraction of sp³-hybridized carbons (Fsp3) is 0.500. The van der Waals surface area contributed by atoms with Gasteiger partial charge in [-0.15, -0.1) is 5.53 Å². The van der Waals surface area contributed by atoms with Gasteiger partial charge in [-0.05, 0) is 87.3 Å². The number of likely N-dealkylation sites (tertiary alicyclic amines) is 1. The molecule has 2 aliphatic rings. The van der Waals surface area contributed by atoms with Crippen LogP contribution in [0, 0.1) is 12.8 Å². The summed E-state index contributed by atoms with van der Waals surface area (Å²) in [6.45, 7) is 14.8. The Kier molecular flexibility index (Phi) is 11.1. The van der Waals surface area contributed by atoms with Gasteiger partial charge in [-0.1, -0.05) is 26.8 Å². The van der Waals surface area contributed by atoms with Gasteiger partial charge in [-0.25, -0.2) is 13.2 Å². The van der Waals surface area contributed by atoms with E-state index >= 15 is 0 Å². The quantitative estimate of drug-likeness (QED) is 0.254. The normalized spacial score (nSPS) is 16.8. The molecule has 5 N–H and O–H groups in total. The van der Waals surface area contributed by atoms with Crippen molar-refractivity contribution in [3.8, 4) is 5.75 Å². The Morgan fingerprint density at radius 1 is 1.02 bits per heavy atom. The van der Waals surface area contributed by atoms with Gasteiger partial charge in [0.25, 0.3) is 11.8 Å². The van der Waals surface area contributed by atoms with Crippen molar-refractivity contribution in [2.45, 2.75) is 72.3 Å². The van der Waals surface area contributed by atoms with E-state index in [4.69, 9.17) is 9.47 Å². The van der Waals surface area contributed by atoms with E-state index < -0.39 is 21.5 Å². The van der Waals surface area contributed by atoms with E-state index in [9.17, 15) is 22.8 Å². The van der Waals surface area contributed by atoms with Crippen LogP contribution in [0.1, 0.15) is 75.9 Å². The molecule has 1 saturated heterocycles. The van der Waals surface area contributed by atoms with E-state index in [1.165, 1.54) is 7.11 Å². The second kappa shape index (κ2) is 14.5. The SMILES string of the molecule is COc1c(NC(=O)c2ccc(C)c(N3C=C(C(=O)NCC4CCCN(C(=O)OC(C)(C)C)C4)NN3)c2)cc(C(C)(C)C)cc1NS(C)(=O)=O. The van der Waals surface area contributed by atoms with Crippen molar-refractivity contribution in [3.05, 3.63) is 58.9 Å². The van der Waals surface area contributed by atoms with Crippen molar-refractivity contribution < 1.29 is 32.3 Å². The van der Waals surface area contributed by atoms with Gasteiger partial charge in [0.2, 0.25) is 10.0 Å². The molecule has 1 unspecified atom stereocenters. The number of aryl methyl sites for hydroxylation is 1. The third-order valence-corrected chi connectivity index (χ3v) is 8.56. The Morgan fingerprint density at radius 3 is 2.35 bits per heavy atom. The first-order chi connectivity index (χ1) is 22.7. The number of sulfonamides is 1. The first-order valence-corrected chi connectivity index (χ1v) is 18.0. The number of carbonyl (C=O) groups excluding carboxylic acids is 3. The lowest BCUT2D eigenvalue weighted by Gasteiger charge is -2.34. The molecule has 0 spiro atoms. The number of methoxy groups -OCH3 is 1. The summed E-state index contributed by atoms with van der Waals surface area (Å²) in [6.07, 6.45) is 4.01. The van der Waals surface area contributed by atoms with E-state index in [0.717, 1.165) is 30.2 Å². The molecule has 2 aromatic rings. The Bertz CT molecular complexity index is 1730. The minimum atomic E-state index is -3.63. The summed E-state index contributed by atoms with van der Waals surface area (Å²) >= 11 is 0. The Morgan fingerprint density at radius 2 is 1.71 bits per heavy atom. The number of hydrogen-bond donors (Lipinski definition) is 5. The van der Waals surface area contributed by atoms with Crippen LogP contribution in [0.5, 0.6) is 5.75 Å². The molecule has 3 amide bonds. The highest BCUT2D eigenvalue weighted by Gasteiger charge is 2.29. The highest BCUT2D eigenvalue weighted by atomic mass is 32.2. The highest BCUT2D eigenvalue weighted by Crippen LogP contribution is 2.39. The molecule has 0 aromatic heterocycles. The number of amides is 3. The largest absolute Gasteiger partial charge is 0.492 e. The van der Waals surface area contributed by atoms with Gasteiger partial charge in [0.15, 0.2) is 5.75 Å². The zero-order valence-corrected chi connectivity index (χ0v) is 30.6. The number of nitrogens with zero attached hydrogens (tertiary/aromatic N) is 2. The molecule has 1 atom stereocenters. The third-order valence-electron chi connectivity index (χ3n) is 7.97. The molecular formula is C34H49N7O7S. The summed E-state index contributed by atoms with van der Waals surface area (Å²) in [5.74, 6) is -0.498. The van der Waals surface area contributed by atoms with Crippen LogP contribution in [-0.2, 0) is 25.0 Å². The summed E-state index contributed by atoms with van der Waals surface area (Å²) in [7, 11) is -2.23. The number of ether oxygens (including phenoxy) is 2. The molecular weight excluding hydrogens is 650 g/mol. The molecule has 2 aromatic carbocycles. The molecule has 0 bridgehead atoms. The Balaban J connectivity index is 1.46. The maximum atomic E-state index is 13.6. The van der Waals surface area contributed by atoms with Crippen LogP contribution in [0.25, 0.3) is 0 Å². The maximum absolute atomic E-state index is 13.6. The van der Waals surface area contributed by atoms with Crippen molar-refractivity contribution in [1.82, 2.24) is 21.2 Å². The summed E-state index contributed by atoms with van der Waals surface area (Å²) in [5.41, 5.74) is 8.27. The minimum Gasteiger partial charge on any atom is -0.492 e. The number of benzene rings is 2. The van der Waals surface area contributed by atoms with Gasteiger partial charge in [-0.3, -0.25) is 24.7 Å².